The highest BCUT2D eigenvalue weighted by Gasteiger charge is 2.16. The number of nitrogens with one attached hydrogen (secondary N) is 1. The lowest BCUT2D eigenvalue weighted by Gasteiger charge is -2.25. The molecule has 0 radical (unpaired) electrons. The molecule has 0 bridgehead atoms. The fraction of sp³-hybridized carbons (Fsp3) is 0.269. The van der Waals surface area contributed by atoms with Gasteiger partial charge in [0.1, 0.15) is 17.4 Å². The number of benzene rings is 2. The van der Waals surface area contributed by atoms with Crippen LogP contribution in [0.3, 0.4) is 0 Å². The van der Waals surface area contributed by atoms with Crippen molar-refractivity contribution in [3.63, 3.8) is 0 Å². The number of rotatable bonds is 10. The molecule has 1 amide bonds. The number of carbonyl (C=O) groups excluding carboxylic acids is 1. The fourth-order valence-corrected chi connectivity index (χ4v) is 3.66. The summed E-state index contributed by atoms with van der Waals surface area (Å²) in [7, 11) is 0. The zero-order valence-corrected chi connectivity index (χ0v) is 18.3. The minimum Gasteiger partial charge on any atom is -0.467 e. The van der Waals surface area contributed by atoms with Gasteiger partial charge < -0.3 is 14.6 Å². The zero-order chi connectivity index (χ0) is 22.2. The molecule has 164 valence electrons. The van der Waals surface area contributed by atoms with Crippen LogP contribution in [0.1, 0.15) is 30.5 Å². The number of amides is 1. The Bertz CT molecular complexity index is 1140. The minimum atomic E-state index is -0.0137. The Morgan fingerprint density at radius 2 is 1.78 bits per heavy atom. The van der Waals surface area contributed by atoms with E-state index in [2.05, 4.69) is 52.5 Å². The third-order valence-corrected chi connectivity index (χ3v) is 5.41. The van der Waals surface area contributed by atoms with E-state index in [9.17, 15) is 4.79 Å². The van der Waals surface area contributed by atoms with Crippen LogP contribution in [0.15, 0.2) is 77.4 Å². The van der Waals surface area contributed by atoms with E-state index >= 15 is 0 Å². The molecular formula is C26H28N4O2. The number of carbonyl (C=O) groups is 1. The number of hydrogen-bond donors (Lipinski definition) is 1. The topological polar surface area (TPSA) is 71.3 Å². The molecule has 32 heavy (non-hydrogen) atoms. The molecule has 6 nitrogen and oxygen atoms in total. The third kappa shape index (κ3) is 5.52. The minimum absolute atomic E-state index is 0.0137. The monoisotopic (exact) mass is 428 g/mol. The van der Waals surface area contributed by atoms with Crippen molar-refractivity contribution < 1.29 is 9.21 Å². The van der Waals surface area contributed by atoms with Crippen LogP contribution in [0.5, 0.6) is 0 Å². The molecule has 2 aromatic heterocycles. The molecule has 0 atom stereocenters. The summed E-state index contributed by atoms with van der Waals surface area (Å²) in [5.41, 5.74) is 2.19. The van der Waals surface area contributed by atoms with Crippen LogP contribution in [0.25, 0.3) is 10.9 Å². The second kappa shape index (κ2) is 10.6. The molecule has 1 N–H and O–H groups in total. The van der Waals surface area contributed by atoms with Gasteiger partial charge in [-0.3, -0.25) is 4.79 Å². The van der Waals surface area contributed by atoms with Crippen LogP contribution >= 0.6 is 0 Å². The Balaban J connectivity index is 1.53. The van der Waals surface area contributed by atoms with Crippen LogP contribution in [0.2, 0.25) is 0 Å². The van der Waals surface area contributed by atoms with Gasteiger partial charge in [0, 0.05) is 31.3 Å². The lowest BCUT2D eigenvalue weighted by Crippen LogP contribution is -2.33. The number of furan rings is 1. The Morgan fingerprint density at radius 1 is 0.969 bits per heavy atom. The largest absolute Gasteiger partial charge is 0.467 e. The van der Waals surface area contributed by atoms with Gasteiger partial charge in [-0.1, -0.05) is 49.4 Å². The van der Waals surface area contributed by atoms with Gasteiger partial charge in [0.15, 0.2) is 0 Å². The fourth-order valence-electron chi connectivity index (χ4n) is 3.66. The number of hydrogen-bond acceptors (Lipinski definition) is 5. The van der Waals surface area contributed by atoms with Gasteiger partial charge >= 0.3 is 0 Å². The number of aryl methyl sites for hydroxylation is 1. The van der Waals surface area contributed by atoms with Crippen molar-refractivity contribution in [3.8, 4) is 0 Å². The second-order valence-corrected chi connectivity index (χ2v) is 7.66. The van der Waals surface area contributed by atoms with E-state index in [0.717, 1.165) is 47.7 Å². The first-order valence-electron chi connectivity index (χ1n) is 11.1. The predicted molar refractivity (Wildman–Crippen MR) is 126 cm³/mol. The van der Waals surface area contributed by atoms with E-state index in [4.69, 9.17) is 9.40 Å². The first-order chi connectivity index (χ1) is 15.7. The molecule has 0 spiro atoms. The highest BCUT2D eigenvalue weighted by molar-refractivity contribution is 5.89. The standard InChI is InChI=1S/C26H28N4O2/c1-2-24-28-23-13-7-6-12-22(23)26(29-24)30(16-14-20-9-4-3-5-10-20)17-15-25(31)27-19-21-11-8-18-32-21/h3-13,18H,2,14-17,19H2,1H3,(H,27,31). The second-order valence-electron chi connectivity index (χ2n) is 7.66. The van der Waals surface area contributed by atoms with Crippen LogP contribution < -0.4 is 10.2 Å². The average molecular weight is 429 g/mol. The van der Waals surface area contributed by atoms with Crippen molar-refractivity contribution in [3.05, 3.63) is 90.1 Å². The van der Waals surface area contributed by atoms with Gasteiger partial charge in [-0.05, 0) is 36.2 Å². The van der Waals surface area contributed by atoms with Crippen LogP contribution in [-0.2, 0) is 24.2 Å². The molecular weight excluding hydrogens is 400 g/mol. The highest BCUT2D eigenvalue weighted by Crippen LogP contribution is 2.24. The number of aromatic nitrogens is 2. The van der Waals surface area contributed by atoms with E-state index in [-0.39, 0.29) is 5.91 Å². The highest BCUT2D eigenvalue weighted by atomic mass is 16.3. The van der Waals surface area contributed by atoms with Gasteiger partial charge in [-0.2, -0.15) is 0 Å². The number of nitrogens with zero attached hydrogens (tertiary/aromatic N) is 3. The first kappa shape index (κ1) is 21.6. The smallest absolute Gasteiger partial charge is 0.222 e. The first-order valence-corrected chi connectivity index (χ1v) is 11.1. The van der Waals surface area contributed by atoms with Crippen molar-refractivity contribution in [2.75, 3.05) is 18.0 Å². The molecule has 4 aromatic rings. The molecule has 0 saturated heterocycles. The number of fused-ring (bicyclic) bond motifs is 1. The van der Waals surface area contributed by atoms with Crippen molar-refractivity contribution in [1.29, 1.82) is 0 Å². The molecule has 0 aliphatic carbocycles. The number of anilines is 1. The van der Waals surface area contributed by atoms with E-state index < -0.39 is 0 Å². The summed E-state index contributed by atoms with van der Waals surface area (Å²) in [5.74, 6) is 2.43. The van der Waals surface area contributed by atoms with Gasteiger partial charge in [0.25, 0.3) is 0 Å². The Labute approximate surface area is 188 Å². The molecule has 2 heterocycles. The van der Waals surface area contributed by atoms with E-state index in [1.807, 2.05) is 36.4 Å². The van der Waals surface area contributed by atoms with Gasteiger partial charge in [0.05, 0.1) is 18.3 Å². The summed E-state index contributed by atoms with van der Waals surface area (Å²) >= 11 is 0. The zero-order valence-electron chi connectivity index (χ0n) is 18.3. The normalized spacial score (nSPS) is 10.9. The molecule has 0 unspecified atom stereocenters. The molecule has 0 aliphatic heterocycles. The van der Waals surface area contributed by atoms with Crippen molar-refractivity contribution in [1.82, 2.24) is 15.3 Å². The molecule has 0 saturated carbocycles. The Hall–Kier alpha value is -3.67. The molecule has 4 rings (SSSR count). The Kier molecular flexibility index (Phi) is 7.12. The van der Waals surface area contributed by atoms with Gasteiger partial charge in [-0.15, -0.1) is 0 Å². The summed E-state index contributed by atoms with van der Waals surface area (Å²) in [4.78, 5) is 24.3. The van der Waals surface area contributed by atoms with Gasteiger partial charge in [-0.25, -0.2) is 9.97 Å². The van der Waals surface area contributed by atoms with Gasteiger partial charge in [0.2, 0.25) is 5.91 Å². The van der Waals surface area contributed by atoms with Crippen LogP contribution in [-0.4, -0.2) is 29.0 Å². The van der Waals surface area contributed by atoms with Crippen LogP contribution in [0.4, 0.5) is 5.82 Å². The average Bonchev–Trinajstić information content (AvgIpc) is 3.36. The summed E-state index contributed by atoms with van der Waals surface area (Å²) in [6.45, 7) is 3.79. The third-order valence-electron chi connectivity index (χ3n) is 5.41. The summed E-state index contributed by atoms with van der Waals surface area (Å²) in [5, 5.41) is 3.94. The maximum Gasteiger partial charge on any atom is 0.222 e. The van der Waals surface area contributed by atoms with E-state index in [1.54, 1.807) is 6.26 Å². The SMILES string of the molecule is CCc1nc(N(CCC(=O)NCc2ccco2)CCc2ccccc2)c2ccccc2n1. The molecule has 6 heteroatoms. The van der Waals surface area contributed by atoms with Crippen molar-refractivity contribution in [2.45, 2.75) is 32.7 Å². The quantitative estimate of drug-likeness (QED) is 0.401. The maximum absolute atomic E-state index is 12.5. The lowest BCUT2D eigenvalue weighted by molar-refractivity contribution is -0.121. The van der Waals surface area contributed by atoms with Crippen LogP contribution in [0, 0.1) is 0 Å². The maximum atomic E-state index is 12.5. The van der Waals surface area contributed by atoms with Crippen molar-refractivity contribution in [2.24, 2.45) is 0 Å². The predicted octanol–water partition coefficient (Wildman–Crippen LogP) is 4.54. The molecule has 0 fully saturated rings. The molecule has 2 aromatic carbocycles. The lowest BCUT2D eigenvalue weighted by atomic mass is 10.1. The Morgan fingerprint density at radius 3 is 2.56 bits per heavy atom. The summed E-state index contributed by atoms with van der Waals surface area (Å²) < 4.78 is 5.30. The van der Waals surface area contributed by atoms with E-state index in [0.29, 0.717) is 19.5 Å². The molecule has 0 aliphatic rings. The van der Waals surface area contributed by atoms with Crippen molar-refractivity contribution >= 4 is 22.6 Å². The summed E-state index contributed by atoms with van der Waals surface area (Å²) in [6.07, 6.45) is 3.61. The number of para-hydroxylation sites is 1. The van der Waals surface area contributed by atoms with E-state index in [1.165, 1.54) is 5.56 Å². The summed E-state index contributed by atoms with van der Waals surface area (Å²) in [6, 6.07) is 22.1.